The van der Waals surface area contributed by atoms with Gasteiger partial charge in [-0.3, -0.25) is 0 Å². The third-order valence-electron chi connectivity index (χ3n) is 5.21. The molecule has 0 aromatic rings. The Kier molecular flexibility index (Phi) is 6.66. The van der Waals surface area contributed by atoms with Crippen LogP contribution in [-0.2, 0) is 4.74 Å². The molecule has 0 aromatic carbocycles. The second kappa shape index (κ2) is 8.26. The van der Waals surface area contributed by atoms with E-state index in [1.807, 2.05) is 0 Å². The third-order valence-corrected chi connectivity index (χ3v) is 5.21. The summed E-state index contributed by atoms with van der Waals surface area (Å²) in [6.45, 7) is 6.63. The average Bonchev–Trinajstić information content (AvgIpc) is 2.47. The fourth-order valence-electron chi connectivity index (χ4n) is 3.88. The summed E-state index contributed by atoms with van der Waals surface area (Å²) >= 11 is 0. The molecular formula is C17H33NO. The SMILES string of the molecule is CCNC1CCC(CC)CC1OCC1CCCCC1. The molecule has 0 aliphatic heterocycles. The Morgan fingerprint density at radius 1 is 0.947 bits per heavy atom. The first-order valence-corrected chi connectivity index (χ1v) is 8.68. The van der Waals surface area contributed by atoms with Crippen LogP contribution in [0.25, 0.3) is 0 Å². The highest BCUT2D eigenvalue weighted by Crippen LogP contribution is 2.30. The number of nitrogens with one attached hydrogen (secondary N) is 1. The Morgan fingerprint density at radius 3 is 2.42 bits per heavy atom. The summed E-state index contributed by atoms with van der Waals surface area (Å²) in [5.74, 6) is 1.74. The van der Waals surface area contributed by atoms with Crippen LogP contribution >= 0.6 is 0 Å². The van der Waals surface area contributed by atoms with Crippen LogP contribution in [0.5, 0.6) is 0 Å². The summed E-state index contributed by atoms with van der Waals surface area (Å²) in [6.07, 6.45) is 12.9. The molecule has 3 atom stereocenters. The zero-order valence-corrected chi connectivity index (χ0v) is 13.0. The fraction of sp³-hybridized carbons (Fsp3) is 1.00. The Bertz CT molecular complexity index is 237. The van der Waals surface area contributed by atoms with Crippen LogP contribution in [0.4, 0.5) is 0 Å². The average molecular weight is 267 g/mol. The van der Waals surface area contributed by atoms with E-state index >= 15 is 0 Å². The van der Waals surface area contributed by atoms with Crippen LogP contribution in [-0.4, -0.2) is 25.3 Å². The molecule has 0 bridgehead atoms. The van der Waals surface area contributed by atoms with Crippen molar-refractivity contribution in [2.45, 2.75) is 83.8 Å². The number of hydrogen-bond donors (Lipinski definition) is 1. The molecule has 0 saturated heterocycles. The topological polar surface area (TPSA) is 21.3 Å². The lowest BCUT2D eigenvalue weighted by molar-refractivity contribution is -0.0303. The zero-order valence-electron chi connectivity index (χ0n) is 13.0. The predicted molar refractivity (Wildman–Crippen MR) is 81.4 cm³/mol. The molecule has 0 spiro atoms. The molecular weight excluding hydrogens is 234 g/mol. The maximum Gasteiger partial charge on any atom is 0.0730 e. The molecule has 19 heavy (non-hydrogen) atoms. The highest BCUT2D eigenvalue weighted by Gasteiger charge is 2.30. The van der Waals surface area contributed by atoms with E-state index in [0.29, 0.717) is 12.1 Å². The van der Waals surface area contributed by atoms with Crippen molar-refractivity contribution < 1.29 is 4.74 Å². The van der Waals surface area contributed by atoms with Gasteiger partial charge in [-0.2, -0.15) is 0 Å². The fourth-order valence-corrected chi connectivity index (χ4v) is 3.88. The van der Waals surface area contributed by atoms with Crippen LogP contribution in [0.15, 0.2) is 0 Å². The Labute approximate surface area is 119 Å². The van der Waals surface area contributed by atoms with Crippen molar-refractivity contribution in [3.8, 4) is 0 Å². The van der Waals surface area contributed by atoms with Crippen molar-refractivity contribution in [2.75, 3.05) is 13.2 Å². The van der Waals surface area contributed by atoms with Gasteiger partial charge in [-0.1, -0.05) is 39.5 Å². The van der Waals surface area contributed by atoms with Crippen molar-refractivity contribution >= 4 is 0 Å². The molecule has 0 radical (unpaired) electrons. The highest BCUT2D eigenvalue weighted by molar-refractivity contribution is 4.85. The van der Waals surface area contributed by atoms with Gasteiger partial charge in [0.15, 0.2) is 0 Å². The van der Waals surface area contributed by atoms with E-state index in [1.54, 1.807) is 0 Å². The van der Waals surface area contributed by atoms with E-state index in [-0.39, 0.29) is 0 Å². The molecule has 2 aliphatic rings. The van der Waals surface area contributed by atoms with Gasteiger partial charge < -0.3 is 10.1 Å². The summed E-state index contributed by atoms with van der Waals surface area (Å²) in [5.41, 5.74) is 0. The van der Waals surface area contributed by atoms with E-state index in [2.05, 4.69) is 19.2 Å². The number of hydrogen-bond acceptors (Lipinski definition) is 2. The molecule has 2 nitrogen and oxygen atoms in total. The largest absolute Gasteiger partial charge is 0.376 e. The van der Waals surface area contributed by atoms with Crippen molar-refractivity contribution in [3.05, 3.63) is 0 Å². The standard InChI is InChI=1S/C17H33NO/c1-3-14-10-11-16(18-4-2)17(12-14)19-13-15-8-6-5-7-9-15/h14-18H,3-13H2,1-2H3. The van der Waals surface area contributed by atoms with Crippen molar-refractivity contribution in [1.29, 1.82) is 0 Å². The third kappa shape index (κ3) is 4.75. The monoisotopic (exact) mass is 267 g/mol. The Balaban J connectivity index is 1.78. The van der Waals surface area contributed by atoms with Gasteiger partial charge in [0.05, 0.1) is 6.10 Å². The van der Waals surface area contributed by atoms with Gasteiger partial charge in [0.1, 0.15) is 0 Å². The van der Waals surface area contributed by atoms with Gasteiger partial charge in [0.2, 0.25) is 0 Å². The molecule has 2 saturated carbocycles. The molecule has 2 aliphatic carbocycles. The van der Waals surface area contributed by atoms with Crippen molar-refractivity contribution in [2.24, 2.45) is 11.8 Å². The second-order valence-electron chi connectivity index (χ2n) is 6.63. The minimum absolute atomic E-state index is 0.473. The molecule has 112 valence electrons. The maximum absolute atomic E-state index is 6.36. The van der Waals surface area contributed by atoms with Gasteiger partial charge in [0.25, 0.3) is 0 Å². The number of rotatable bonds is 6. The molecule has 2 rings (SSSR count). The van der Waals surface area contributed by atoms with Crippen LogP contribution < -0.4 is 5.32 Å². The maximum atomic E-state index is 6.36. The Morgan fingerprint density at radius 2 is 1.74 bits per heavy atom. The first-order chi connectivity index (χ1) is 9.33. The van der Waals surface area contributed by atoms with Crippen LogP contribution in [0, 0.1) is 11.8 Å². The lowest BCUT2D eigenvalue weighted by atomic mass is 9.82. The summed E-state index contributed by atoms with van der Waals surface area (Å²) < 4.78 is 6.36. The molecule has 1 N–H and O–H groups in total. The molecule has 0 aromatic heterocycles. The summed E-state index contributed by atoms with van der Waals surface area (Å²) in [4.78, 5) is 0. The van der Waals surface area contributed by atoms with Gasteiger partial charge in [0, 0.05) is 12.6 Å². The molecule has 0 amide bonds. The second-order valence-corrected chi connectivity index (χ2v) is 6.63. The number of ether oxygens (including phenoxy) is 1. The van der Waals surface area contributed by atoms with E-state index in [0.717, 1.165) is 25.0 Å². The minimum Gasteiger partial charge on any atom is -0.376 e. The summed E-state index contributed by atoms with van der Waals surface area (Å²) in [5, 5.41) is 3.64. The van der Waals surface area contributed by atoms with Gasteiger partial charge in [-0.05, 0) is 50.5 Å². The first kappa shape index (κ1) is 15.3. The lowest BCUT2D eigenvalue weighted by Gasteiger charge is -2.37. The molecule has 2 heteroatoms. The normalized spacial score (nSPS) is 33.5. The van der Waals surface area contributed by atoms with Gasteiger partial charge in [-0.25, -0.2) is 0 Å². The minimum atomic E-state index is 0.473. The van der Waals surface area contributed by atoms with Gasteiger partial charge >= 0.3 is 0 Å². The van der Waals surface area contributed by atoms with E-state index in [9.17, 15) is 0 Å². The zero-order chi connectivity index (χ0) is 13.5. The van der Waals surface area contributed by atoms with Crippen LogP contribution in [0.2, 0.25) is 0 Å². The first-order valence-electron chi connectivity index (χ1n) is 8.68. The Hall–Kier alpha value is -0.0800. The van der Waals surface area contributed by atoms with E-state index in [1.165, 1.54) is 57.8 Å². The molecule has 2 fully saturated rings. The van der Waals surface area contributed by atoms with E-state index < -0.39 is 0 Å². The van der Waals surface area contributed by atoms with Gasteiger partial charge in [-0.15, -0.1) is 0 Å². The molecule has 0 heterocycles. The van der Waals surface area contributed by atoms with Crippen molar-refractivity contribution in [3.63, 3.8) is 0 Å². The molecule has 3 unspecified atom stereocenters. The quantitative estimate of drug-likeness (QED) is 0.781. The highest BCUT2D eigenvalue weighted by atomic mass is 16.5. The van der Waals surface area contributed by atoms with Crippen LogP contribution in [0.1, 0.15) is 71.6 Å². The smallest absolute Gasteiger partial charge is 0.0730 e. The predicted octanol–water partition coefficient (Wildman–Crippen LogP) is 4.14. The summed E-state index contributed by atoms with van der Waals surface area (Å²) in [7, 11) is 0. The lowest BCUT2D eigenvalue weighted by Crippen LogP contribution is -2.46. The number of likely N-dealkylation sites (N-methyl/N-ethyl adjacent to an activating group) is 1. The summed E-state index contributed by atoms with van der Waals surface area (Å²) in [6, 6.07) is 0.608. The van der Waals surface area contributed by atoms with Crippen LogP contribution in [0.3, 0.4) is 0 Å². The van der Waals surface area contributed by atoms with E-state index in [4.69, 9.17) is 4.74 Å². The van der Waals surface area contributed by atoms with Crippen molar-refractivity contribution in [1.82, 2.24) is 5.32 Å².